The van der Waals surface area contributed by atoms with Crippen molar-refractivity contribution in [1.29, 1.82) is 0 Å². The second kappa shape index (κ2) is 7.78. The topological polar surface area (TPSA) is 50.2 Å². The van der Waals surface area contributed by atoms with E-state index in [4.69, 9.17) is 0 Å². The average Bonchev–Trinajstić information content (AvgIpc) is 3.05. The number of halogens is 1. The Morgan fingerprint density at radius 2 is 2.00 bits per heavy atom. The standard InChI is InChI=1S/C19H25FN4O/c1-3-18(14-4-6-16(20)7-5-14)24-10-8-17(9-11-24)22-19(25)15-12-21-23(2)13-15/h4-7,12-13,17-18H,3,8-11H2,1-2H3,(H,22,25)/t18-/m0/s1. The zero-order chi connectivity index (χ0) is 17.8. The molecule has 25 heavy (non-hydrogen) atoms. The van der Waals surface area contributed by atoms with Gasteiger partial charge in [0.1, 0.15) is 5.82 Å². The normalized spacial score (nSPS) is 17.4. The molecule has 0 saturated carbocycles. The van der Waals surface area contributed by atoms with Crippen LogP contribution in [0.1, 0.15) is 48.1 Å². The maximum absolute atomic E-state index is 13.2. The van der Waals surface area contributed by atoms with Crippen LogP contribution < -0.4 is 5.32 Å². The second-order valence-corrected chi connectivity index (χ2v) is 6.66. The third-order valence-corrected chi connectivity index (χ3v) is 4.91. The minimum Gasteiger partial charge on any atom is -0.349 e. The molecule has 0 radical (unpaired) electrons. The fourth-order valence-electron chi connectivity index (χ4n) is 3.55. The molecule has 1 aromatic heterocycles. The number of nitrogens with one attached hydrogen (secondary N) is 1. The van der Waals surface area contributed by atoms with Gasteiger partial charge in [0.25, 0.3) is 5.91 Å². The molecule has 3 rings (SSSR count). The van der Waals surface area contributed by atoms with Crippen molar-refractivity contribution in [2.24, 2.45) is 7.05 Å². The molecule has 1 aliphatic rings. The Hall–Kier alpha value is -2.21. The first-order valence-electron chi connectivity index (χ1n) is 8.86. The summed E-state index contributed by atoms with van der Waals surface area (Å²) in [5.41, 5.74) is 1.75. The summed E-state index contributed by atoms with van der Waals surface area (Å²) in [5, 5.41) is 7.14. The van der Waals surface area contributed by atoms with E-state index >= 15 is 0 Å². The molecule has 1 N–H and O–H groups in total. The molecular weight excluding hydrogens is 319 g/mol. The molecule has 5 nitrogen and oxygen atoms in total. The monoisotopic (exact) mass is 344 g/mol. The van der Waals surface area contributed by atoms with Gasteiger partial charge < -0.3 is 5.32 Å². The summed E-state index contributed by atoms with van der Waals surface area (Å²) in [7, 11) is 1.80. The van der Waals surface area contributed by atoms with Gasteiger partial charge in [-0.15, -0.1) is 0 Å². The summed E-state index contributed by atoms with van der Waals surface area (Å²) < 4.78 is 14.8. The molecule has 1 amide bonds. The SMILES string of the molecule is CC[C@@H](c1ccc(F)cc1)N1CCC(NC(=O)c2cnn(C)c2)CC1. The fraction of sp³-hybridized carbons (Fsp3) is 0.474. The Morgan fingerprint density at radius 3 is 2.56 bits per heavy atom. The highest BCUT2D eigenvalue weighted by molar-refractivity contribution is 5.93. The summed E-state index contributed by atoms with van der Waals surface area (Å²) in [6.45, 7) is 4.01. The minimum absolute atomic E-state index is 0.0582. The Kier molecular flexibility index (Phi) is 5.48. The molecule has 6 heteroatoms. The summed E-state index contributed by atoms with van der Waals surface area (Å²) in [6, 6.07) is 7.29. The fourth-order valence-corrected chi connectivity index (χ4v) is 3.55. The van der Waals surface area contributed by atoms with Crippen LogP contribution in [0.5, 0.6) is 0 Å². The molecule has 1 saturated heterocycles. The lowest BCUT2D eigenvalue weighted by atomic mass is 9.97. The lowest BCUT2D eigenvalue weighted by Crippen LogP contribution is -2.45. The van der Waals surface area contributed by atoms with Crippen molar-refractivity contribution < 1.29 is 9.18 Å². The summed E-state index contributed by atoms with van der Waals surface area (Å²) >= 11 is 0. The van der Waals surface area contributed by atoms with Crippen LogP contribution in [0.25, 0.3) is 0 Å². The van der Waals surface area contributed by atoms with Crippen molar-refractivity contribution >= 4 is 5.91 Å². The van der Waals surface area contributed by atoms with Crippen molar-refractivity contribution in [1.82, 2.24) is 20.0 Å². The molecule has 134 valence electrons. The van der Waals surface area contributed by atoms with Crippen LogP contribution >= 0.6 is 0 Å². The van der Waals surface area contributed by atoms with Gasteiger partial charge >= 0.3 is 0 Å². The third kappa shape index (κ3) is 4.25. The van der Waals surface area contributed by atoms with Crippen LogP contribution in [0, 0.1) is 5.82 Å². The summed E-state index contributed by atoms with van der Waals surface area (Å²) in [4.78, 5) is 14.7. The first-order valence-corrected chi connectivity index (χ1v) is 8.86. The number of hydrogen-bond acceptors (Lipinski definition) is 3. The zero-order valence-corrected chi connectivity index (χ0v) is 14.8. The van der Waals surface area contributed by atoms with E-state index in [1.807, 2.05) is 12.1 Å². The van der Waals surface area contributed by atoms with Crippen LogP contribution in [0.3, 0.4) is 0 Å². The van der Waals surface area contributed by atoms with E-state index in [0.717, 1.165) is 37.9 Å². The van der Waals surface area contributed by atoms with Crippen molar-refractivity contribution in [3.63, 3.8) is 0 Å². The van der Waals surface area contributed by atoms with Crippen LogP contribution in [-0.2, 0) is 7.05 Å². The number of aromatic nitrogens is 2. The van der Waals surface area contributed by atoms with Gasteiger partial charge in [-0.1, -0.05) is 19.1 Å². The molecule has 1 aromatic carbocycles. The van der Waals surface area contributed by atoms with Crippen LogP contribution in [0.4, 0.5) is 4.39 Å². The quantitative estimate of drug-likeness (QED) is 0.907. The average molecular weight is 344 g/mol. The predicted octanol–water partition coefficient (Wildman–Crippen LogP) is 2.90. The molecule has 0 aliphatic carbocycles. The number of amides is 1. The van der Waals surface area contributed by atoms with E-state index in [9.17, 15) is 9.18 Å². The highest BCUT2D eigenvalue weighted by atomic mass is 19.1. The van der Waals surface area contributed by atoms with E-state index in [-0.39, 0.29) is 17.8 Å². The Labute approximate surface area is 147 Å². The molecule has 1 fully saturated rings. The summed E-state index contributed by atoms with van der Waals surface area (Å²) in [5.74, 6) is -0.257. The Morgan fingerprint density at radius 1 is 1.32 bits per heavy atom. The van der Waals surface area contributed by atoms with E-state index < -0.39 is 0 Å². The van der Waals surface area contributed by atoms with Gasteiger partial charge in [0.2, 0.25) is 0 Å². The number of likely N-dealkylation sites (tertiary alicyclic amines) is 1. The number of benzene rings is 1. The van der Waals surface area contributed by atoms with Gasteiger partial charge in [0, 0.05) is 38.4 Å². The molecule has 1 atom stereocenters. The highest BCUT2D eigenvalue weighted by Crippen LogP contribution is 2.27. The second-order valence-electron chi connectivity index (χ2n) is 6.66. The van der Waals surface area contributed by atoms with Gasteiger partial charge in [-0.25, -0.2) is 4.39 Å². The molecule has 2 heterocycles. The first kappa shape index (κ1) is 17.6. The van der Waals surface area contributed by atoms with Crippen LogP contribution in [0.15, 0.2) is 36.7 Å². The van der Waals surface area contributed by atoms with E-state index in [1.165, 1.54) is 12.1 Å². The minimum atomic E-state index is -0.199. The molecule has 0 spiro atoms. The molecular formula is C19H25FN4O. The predicted molar refractivity (Wildman–Crippen MR) is 94.7 cm³/mol. The van der Waals surface area contributed by atoms with Gasteiger partial charge in [-0.2, -0.15) is 5.10 Å². The highest BCUT2D eigenvalue weighted by Gasteiger charge is 2.26. The molecule has 2 aromatic rings. The van der Waals surface area contributed by atoms with Gasteiger partial charge in [0.15, 0.2) is 0 Å². The maximum Gasteiger partial charge on any atom is 0.254 e. The number of rotatable bonds is 5. The number of nitrogens with zero attached hydrogens (tertiary/aromatic N) is 3. The maximum atomic E-state index is 13.2. The Bertz CT molecular complexity index is 704. The number of aryl methyl sites for hydroxylation is 1. The third-order valence-electron chi connectivity index (χ3n) is 4.91. The van der Waals surface area contributed by atoms with Crippen LogP contribution in [0.2, 0.25) is 0 Å². The van der Waals surface area contributed by atoms with Crippen molar-refractivity contribution in [3.05, 3.63) is 53.6 Å². The smallest absolute Gasteiger partial charge is 0.254 e. The summed E-state index contributed by atoms with van der Waals surface area (Å²) in [6.07, 6.45) is 6.14. The van der Waals surface area contributed by atoms with Crippen molar-refractivity contribution in [3.8, 4) is 0 Å². The molecule has 0 bridgehead atoms. The number of carbonyl (C=O) groups is 1. The van der Waals surface area contributed by atoms with Gasteiger partial charge in [0.05, 0.1) is 11.8 Å². The largest absolute Gasteiger partial charge is 0.349 e. The first-order chi connectivity index (χ1) is 12.1. The van der Waals surface area contributed by atoms with Gasteiger partial charge in [-0.05, 0) is 37.0 Å². The number of hydrogen-bond donors (Lipinski definition) is 1. The lowest BCUT2D eigenvalue weighted by molar-refractivity contribution is 0.0888. The molecule has 1 aliphatic heterocycles. The van der Waals surface area contributed by atoms with E-state index in [0.29, 0.717) is 11.6 Å². The number of piperidine rings is 1. The van der Waals surface area contributed by atoms with E-state index in [1.54, 1.807) is 24.1 Å². The van der Waals surface area contributed by atoms with E-state index in [2.05, 4.69) is 22.2 Å². The zero-order valence-electron chi connectivity index (χ0n) is 14.8. The Balaban J connectivity index is 1.55. The molecule has 0 unspecified atom stereocenters. The van der Waals surface area contributed by atoms with Gasteiger partial charge in [-0.3, -0.25) is 14.4 Å². The lowest BCUT2D eigenvalue weighted by Gasteiger charge is -2.37. The van der Waals surface area contributed by atoms with Crippen molar-refractivity contribution in [2.75, 3.05) is 13.1 Å². The van der Waals surface area contributed by atoms with Crippen molar-refractivity contribution in [2.45, 2.75) is 38.3 Å². The number of carbonyl (C=O) groups excluding carboxylic acids is 1. The van der Waals surface area contributed by atoms with Crippen LogP contribution in [-0.4, -0.2) is 39.7 Å².